The van der Waals surface area contributed by atoms with Crippen LogP contribution in [-0.2, 0) is 6.18 Å². The predicted molar refractivity (Wildman–Crippen MR) is 66.1 cm³/mol. The fourth-order valence-corrected chi connectivity index (χ4v) is 2.18. The van der Waals surface area contributed by atoms with Crippen molar-refractivity contribution in [3.05, 3.63) is 23.9 Å². The Morgan fingerprint density at radius 1 is 1.32 bits per heavy atom. The van der Waals surface area contributed by atoms with Crippen LogP contribution in [0, 0.1) is 11.3 Å². The van der Waals surface area contributed by atoms with Gasteiger partial charge in [0.05, 0.1) is 5.84 Å². The van der Waals surface area contributed by atoms with Gasteiger partial charge in [-0.3, -0.25) is 5.41 Å². The Bertz CT molecular complexity index is 464. The predicted octanol–water partition coefficient (Wildman–Crippen LogP) is 2.25. The van der Waals surface area contributed by atoms with Gasteiger partial charge in [0.15, 0.2) is 0 Å². The van der Waals surface area contributed by atoms with Gasteiger partial charge in [0.2, 0.25) is 0 Å². The number of piperidine rings is 1. The molecule has 0 atom stereocenters. The second-order valence-corrected chi connectivity index (χ2v) is 4.60. The monoisotopic (exact) mass is 272 g/mol. The summed E-state index contributed by atoms with van der Waals surface area (Å²) in [4.78, 5) is 5.45. The summed E-state index contributed by atoms with van der Waals surface area (Å²) in [6.07, 6.45) is -3.08. The lowest BCUT2D eigenvalue weighted by atomic mass is 9.96. The van der Waals surface area contributed by atoms with Crippen LogP contribution in [-0.4, -0.2) is 23.9 Å². The molecule has 0 aliphatic carbocycles. The SMILES string of the molecule is N=C(N)C1CCN(c2cccc(C(F)(F)F)n2)CC1. The number of alkyl halides is 3. The fourth-order valence-electron chi connectivity index (χ4n) is 2.18. The molecule has 0 unspecified atom stereocenters. The molecule has 1 fully saturated rings. The number of aromatic nitrogens is 1. The number of hydrogen-bond donors (Lipinski definition) is 2. The van der Waals surface area contributed by atoms with E-state index >= 15 is 0 Å². The van der Waals surface area contributed by atoms with E-state index in [0.717, 1.165) is 6.07 Å². The lowest BCUT2D eigenvalue weighted by molar-refractivity contribution is -0.141. The fraction of sp³-hybridized carbons (Fsp3) is 0.500. The average molecular weight is 272 g/mol. The molecule has 1 aromatic rings. The molecule has 2 rings (SSSR count). The summed E-state index contributed by atoms with van der Waals surface area (Å²) in [5.41, 5.74) is 4.56. The zero-order valence-electron chi connectivity index (χ0n) is 10.2. The van der Waals surface area contributed by atoms with Crippen molar-refractivity contribution in [2.45, 2.75) is 19.0 Å². The third kappa shape index (κ3) is 3.15. The van der Waals surface area contributed by atoms with Crippen LogP contribution < -0.4 is 10.6 Å². The van der Waals surface area contributed by atoms with Gasteiger partial charge in [0, 0.05) is 19.0 Å². The Balaban J connectivity index is 2.10. The normalized spacial score (nSPS) is 17.5. The number of hydrogen-bond acceptors (Lipinski definition) is 3. The number of rotatable bonds is 2. The molecule has 2 heterocycles. The first-order chi connectivity index (χ1) is 8.88. The molecule has 7 heteroatoms. The van der Waals surface area contributed by atoms with Crippen LogP contribution in [0.2, 0.25) is 0 Å². The molecule has 1 aliphatic heterocycles. The van der Waals surface area contributed by atoms with Gasteiger partial charge in [0.25, 0.3) is 0 Å². The number of nitrogens with two attached hydrogens (primary N) is 1. The molecule has 1 aliphatic rings. The smallest absolute Gasteiger partial charge is 0.387 e. The molecule has 1 saturated heterocycles. The zero-order chi connectivity index (χ0) is 14.0. The molecule has 0 spiro atoms. The molecular weight excluding hydrogens is 257 g/mol. The molecule has 0 amide bonds. The Labute approximate surface area is 108 Å². The maximum absolute atomic E-state index is 12.6. The minimum absolute atomic E-state index is 0.0297. The van der Waals surface area contributed by atoms with Gasteiger partial charge < -0.3 is 10.6 Å². The van der Waals surface area contributed by atoms with E-state index in [1.807, 2.05) is 0 Å². The van der Waals surface area contributed by atoms with Crippen molar-refractivity contribution in [1.29, 1.82) is 5.41 Å². The second-order valence-electron chi connectivity index (χ2n) is 4.60. The van der Waals surface area contributed by atoms with Gasteiger partial charge in [-0.2, -0.15) is 13.2 Å². The van der Waals surface area contributed by atoms with Crippen LogP contribution in [0.15, 0.2) is 18.2 Å². The number of nitrogens with one attached hydrogen (secondary N) is 1. The van der Waals surface area contributed by atoms with Crippen LogP contribution in [0.3, 0.4) is 0 Å². The Kier molecular flexibility index (Phi) is 3.64. The standard InChI is InChI=1S/C12H15F3N4/c13-12(14,15)9-2-1-3-10(18-9)19-6-4-8(5-7-19)11(16)17/h1-3,8H,4-7H2,(H3,16,17). The minimum atomic E-state index is -4.42. The number of anilines is 1. The van der Waals surface area contributed by atoms with Gasteiger partial charge in [-0.1, -0.05) is 6.07 Å². The van der Waals surface area contributed by atoms with E-state index in [4.69, 9.17) is 11.1 Å². The van der Waals surface area contributed by atoms with E-state index in [1.165, 1.54) is 6.07 Å². The van der Waals surface area contributed by atoms with Gasteiger partial charge in [0.1, 0.15) is 11.5 Å². The first-order valence-electron chi connectivity index (χ1n) is 6.01. The number of pyridine rings is 1. The molecule has 19 heavy (non-hydrogen) atoms. The molecule has 0 bridgehead atoms. The van der Waals surface area contributed by atoms with E-state index in [-0.39, 0.29) is 11.8 Å². The Hall–Kier alpha value is -1.79. The van der Waals surface area contributed by atoms with Crippen molar-refractivity contribution in [1.82, 2.24) is 4.98 Å². The lowest BCUT2D eigenvalue weighted by Gasteiger charge is -2.32. The van der Waals surface area contributed by atoms with Gasteiger partial charge >= 0.3 is 6.18 Å². The third-order valence-corrected chi connectivity index (χ3v) is 3.28. The summed E-state index contributed by atoms with van der Waals surface area (Å²) in [6, 6.07) is 3.90. The first-order valence-corrected chi connectivity index (χ1v) is 6.01. The van der Waals surface area contributed by atoms with Gasteiger partial charge in [-0.15, -0.1) is 0 Å². The second kappa shape index (κ2) is 5.07. The number of nitrogens with zero attached hydrogens (tertiary/aromatic N) is 2. The van der Waals surface area contributed by atoms with Crippen molar-refractivity contribution in [3.63, 3.8) is 0 Å². The molecule has 104 valence electrons. The largest absolute Gasteiger partial charge is 0.433 e. The minimum Gasteiger partial charge on any atom is -0.387 e. The van der Waals surface area contributed by atoms with E-state index in [1.54, 1.807) is 11.0 Å². The van der Waals surface area contributed by atoms with Gasteiger partial charge in [-0.25, -0.2) is 4.98 Å². The maximum atomic E-state index is 12.6. The van der Waals surface area contributed by atoms with Gasteiger partial charge in [-0.05, 0) is 25.0 Å². The highest BCUT2D eigenvalue weighted by Crippen LogP contribution is 2.29. The van der Waals surface area contributed by atoms with Crippen molar-refractivity contribution in [2.24, 2.45) is 11.7 Å². The highest BCUT2D eigenvalue weighted by molar-refractivity contribution is 5.79. The van der Waals surface area contributed by atoms with Crippen LogP contribution in [0.4, 0.5) is 19.0 Å². The van der Waals surface area contributed by atoms with E-state index in [0.29, 0.717) is 31.7 Å². The van der Waals surface area contributed by atoms with Crippen LogP contribution in [0.1, 0.15) is 18.5 Å². The summed E-state index contributed by atoms with van der Waals surface area (Å²) < 4.78 is 37.7. The van der Waals surface area contributed by atoms with Crippen molar-refractivity contribution in [3.8, 4) is 0 Å². The average Bonchev–Trinajstić information content (AvgIpc) is 2.38. The van der Waals surface area contributed by atoms with Crippen molar-refractivity contribution in [2.75, 3.05) is 18.0 Å². The first kappa shape index (κ1) is 13.6. The van der Waals surface area contributed by atoms with Crippen molar-refractivity contribution < 1.29 is 13.2 Å². The quantitative estimate of drug-likeness (QED) is 0.641. The van der Waals surface area contributed by atoms with E-state index in [2.05, 4.69) is 4.98 Å². The van der Waals surface area contributed by atoms with Crippen LogP contribution in [0.5, 0.6) is 0 Å². The molecule has 0 radical (unpaired) electrons. The molecule has 3 N–H and O–H groups in total. The van der Waals surface area contributed by atoms with Crippen LogP contribution >= 0.6 is 0 Å². The Morgan fingerprint density at radius 2 is 1.95 bits per heavy atom. The summed E-state index contributed by atoms with van der Waals surface area (Å²) >= 11 is 0. The maximum Gasteiger partial charge on any atom is 0.433 e. The number of amidine groups is 1. The third-order valence-electron chi connectivity index (χ3n) is 3.28. The van der Waals surface area contributed by atoms with E-state index < -0.39 is 11.9 Å². The molecule has 0 aromatic carbocycles. The highest BCUT2D eigenvalue weighted by atomic mass is 19.4. The summed E-state index contributed by atoms with van der Waals surface area (Å²) in [5, 5.41) is 7.37. The van der Waals surface area contributed by atoms with Crippen molar-refractivity contribution >= 4 is 11.7 Å². The Morgan fingerprint density at radius 3 is 2.47 bits per heavy atom. The summed E-state index contributed by atoms with van der Waals surface area (Å²) in [6.45, 7) is 1.14. The van der Waals surface area contributed by atoms with Crippen LogP contribution in [0.25, 0.3) is 0 Å². The topological polar surface area (TPSA) is 66.0 Å². The lowest BCUT2D eigenvalue weighted by Crippen LogP contribution is -2.38. The molecule has 0 saturated carbocycles. The zero-order valence-corrected chi connectivity index (χ0v) is 10.2. The molecular formula is C12H15F3N4. The highest BCUT2D eigenvalue weighted by Gasteiger charge is 2.33. The number of halogens is 3. The molecule has 1 aromatic heterocycles. The summed E-state index contributed by atoms with van der Waals surface area (Å²) in [5.74, 6) is 0.510. The van der Waals surface area contributed by atoms with E-state index in [9.17, 15) is 13.2 Å². The molecule has 4 nitrogen and oxygen atoms in total. The summed E-state index contributed by atoms with van der Waals surface area (Å²) in [7, 11) is 0.